The van der Waals surface area contributed by atoms with Gasteiger partial charge in [0.2, 0.25) is 0 Å². The van der Waals surface area contributed by atoms with Gasteiger partial charge >= 0.3 is 11.9 Å². The van der Waals surface area contributed by atoms with Crippen LogP contribution in [0.25, 0.3) is 0 Å². The van der Waals surface area contributed by atoms with Gasteiger partial charge < -0.3 is 38.3 Å². The first-order valence-electron chi connectivity index (χ1n) is 17.9. The summed E-state index contributed by atoms with van der Waals surface area (Å²) >= 11 is 0. The molecule has 2 bridgehead atoms. The zero-order chi connectivity index (χ0) is 35.7. The Balaban J connectivity index is 1.68. The fourth-order valence-corrected chi connectivity index (χ4v) is 13.0. The van der Waals surface area contributed by atoms with Crippen molar-refractivity contribution in [1.29, 1.82) is 0 Å². The zero-order valence-corrected chi connectivity index (χ0v) is 31.2. The lowest BCUT2D eigenvalue weighted by Crippen LogP contribution is -2.82. The van der Waals surface area contributed by atoms with E-state index in [0.717, 1.165) is 18.1 Å². The maximum Gasteiger partial charge on any atom is 0.338 e. The Morgan fingerprint density at radius 1 is 1.08 bits per heavy atom. The fourth-order valence-electron chi connectivity index (χ4n) is 10.1. The van der Waals surface area contributed by atoms with E-state index in [4.69, 9.17) is 28.1 Å². The number of rotatable bonds is 9. The Morgan fingerprint density at radius 3 is 2.29 bits per heavy atom. The largest absolute Gasteiger partial charge is 0.455 e. The predicted octanol–water partition coefficient (Wildman–Crippen LogP) is 5.48. The molecule has 0 spiro atoms. The summed E-state index contributed by atoms with van der Waals surface area (Å²) in [5.41, 5.74) is -3.66. The molecular formula is C38H54O10Si. The van der Waals surface area contributed by atoms with Crippen LogP contribution in [0.1, 0.15) is 78.6 Å². The third kappa shape index (κ3) is 5.25. The number of aliphatic hydroxyl groups excluding tert-OH is 1. The standard InChI is InChI=1S/C38H54O10Si/c1-10-28-44-30-29-22(5)25(40)20-38(42,35(29,7)8)33(46-34(41)24-17-15-14-16-18-24)31-36(9,32(30)45-28)26(48-49(11-2,12-3)13-4)19-27-37(31,21-43-27)47-23(6)39/h10,14-18,25-28,30-33,40,42H,1,11-13,19-21H2,2-9H3/t25-,26-,27+,28+,30+,31-,32+,33-,36+,37-,38+/m0/s1. The SMILES string of the molecule is C=C[C@@H]1O[C@@H]2C3=C(C)[C@@H](O)C[C@@](O)([C@@H](OC(=O)c4ccccc4)[C@@H]4[C@]5(OC(C)=O)CO[C@@H]5C[C@H](O[Si](CC)(CC)CC)[C@@]4(C)[C@@H]2O1)C3(C)C. The van der Waals surface area contributed by atoms with Crippen LogP contribution >= 0.6 is 0 Å². The van der Waals surface area contributed by atoms with E-state index < -0.39 is 91.1 Å². The normalized spacial score (nSPS) is 40.9. The number of carbonyl (C=O) groups excluding carboxylic acids is 2. The number of benzene rings is 1. The quantitative estimate of drug-likeness (QED) is 0.194. The van der Waals surface area contributed by atoms with Crippen molar-refractivity contribution in [3.05, 3.63) is 59.7 Å². The summed E-state index contributed by atoms with van der Waals surface area (Å²) in [4.78, 5) is 27.3. The molecule has 2 aliphatic heterocycles. The molecule has 10 nitrogen and oxygen atoms in total. The van der Waals surface area contributed by atoms with Crippen molar-refractivity contribution in [2.24, 2.45) is 16.7 Å². The van der Waals surface area contributed by atoms with Gasteiger partial charge in [0.1, 0.15) is 23.9 Å². The molecule has 5 aliphatic rings. The molecule has 2 saturated heterocycles. The highest BCUT2D eigenvalue weighted by molar-refractivity contribution is 6.73. The number of aliphatic hydroxyl groups is 2. The summed E-state index contributed by atoms with van der Waals surface area (Å²) in [6.07, 6.45) is -3.85. The summed E-state index contributed by atoms with van der Waals surface area (Å²) in [6.45, 7) is 19.6. The maximum absolute atomic E-state index is 14.2. The first kappa shape index (κ1) is 36.4. The summed E-state index contributed by atoms with van der Waals surface area (Å²) in [6, 6.07) is 11.3. The Hall–Kier alpha value is -2.38. The van der Waals surface area contributed by atoms with Crippen molar-refractivity contribution in [2.45, 2.75) is 140 Å². The van der Waals surface area contributed by atoms with E-state index in [0.29, 0.717) is 23.1 Å². The van der Waals surface area contributed by atoms with Gasteiger partial charge in [-0.1, -0.05) is 66.3 Å². The van der Waals surface area contributed by atoms with Gasteiger partial charge in [0.15, 0.2) is 20.2 Å². The first-order valence-corrected chi connectivity index (χ1v) is 20.4. The maximum atomic E-state index is 14.2. The lowest BCUT2D eigenvalue weighted by Gasteiger charge is -2.69. The Labute approximate surface area is 291 Å². The molecule has 0 unspecified atom stereocenters. The Bertz CT molecular complexity index is 1480. The molecule has 270 valence electrons. The van der Waals surface area contributed by atoms with Gasteiger partial charge in [0, 0.05) is 30.6 Å². The smallest absolute Gasteiger partial charge is 0.338 e. The van der Waals surface area contributed by atoms with Crippen LogP contribution in [0.5, 0.6) is 0 Å². The molecule has 2 N–H and O–H groups in total. The van der Waals surface area contributed by atoms with Crippen LogP contribution in [0, 0.1) is 16.7 Å². The molecule has 49 heavy (non-hydrogen) atoms. The van der Waals surface area contributed by atoms with Crippen LogP contribution in [0.4, 0.5) is 0 Å². The topological polar surface area (TPSA) is 130 Å². The van der Waals surface area contributed by atoms with Gasteiger partial charge in [-0.3, -0.25) is 4.79 Å². The average molecular weight is 699 g/mol. The van der Waals surface area contributed by atoms with Crippen LogP contribution in [0.2, 0.25) is 18.1 Å². The van der Waals surface area contributed by atoms with E-state index in [1.807, 2.05) is 26.8 Å². The molecule has 6 rings (SSSR count). The van der Waals surface area contributed by atoms with E-state index in [1.54, 1.807) is 30.3 Å². The van der Waals surface area contributed by atoms with Crippen molar-refractivity contribution < 1.29 is 47.9 Å². The first-order chi connectivity index (χ1) is 23.1. The lowest BCUT2D eigenvalue weighted by atomic mass is 9.44. The second-order valence-corrected chi connectivity index (χ2v) is 20.3. The van der Waals surface area contributed by atoms with Crippen molar-refractivity contribution in [3.63, 3.8) is 0 Å². The molecule has 0 radical (unpaired) electrons. The lowest BCUT2D eigenvalue weighted by molar-refractivity contribution is -0.360. The second kappa shape index (κ2) is 12.7. The molecule has 0 amide bonds. The van der Waals surface area contributed by atoms with Crippen molar-refractivity contribution >= 4 is 20.3 Å². The van der Waals surface area contributed by atoms with Gasteiger partial charge in [0.05, 0.1) is 36.4 Å². The number of esters is 2. The minimum atomic E-state index is -2.32. The predicted molar refractivity (Wildman–Crippen MR) is 184 cm³/mol. The van der Waals surface area contributed by atoms with Gasteiger partial charge in [0.25, 0.3) is 0 Å². The highest BCUT2D eigenvalue weighted by Gasteiger charge is 2.79. The van der Waals surface area contributed by atoms with Gasteiger partial charge in [-0.2, -0.15) is 0 Å². The third-order valence-corrected chi connectivity index (χ3v) is 17.8. The van der Waals surface area contributed by atoms with E-state index in [2.05, 4.69) is 34.3 Å². The Morgan fingerprint density at radius 2 is 1.73 bits per heavy atom. The van der Waals surface area contributed by atoms with E-state index in [1.165, 1.54) is 6.92 Å². The molecule has 2 heterocycles. The van der Waals surface area contributed by atoms with Crippen LogP contribution in [0.15, 0.2) is 54.1 Å². The number of fused-ring (bicyclic) bond motifs is 8. The highest BCUT2D eigenvalue weighted by atomic mass is 28.4. The molecule has 11 atom stereocenters. The highest BCUT2D eigenvalue weighted by Crippen LogP contribution is 2.67. The number of ether oxygens (including phenoxy) is 5. The van der Waals surface area contributed by atoms with Crippen LogP contribution in [-0.4, -0.2) is 91.2 Å². The molecule has 4 fully saturated rings. The van der Waals surface area contributed by atoms with Crippen molar-refractivity contribution in [2.75, 3.05) is 6.61 Å². The average Bonchev–Trinajstić information content (AvgIpc) is 3.50. The second-order valence-electron chi connectivity index (χ2n) is 15.6. The van der Waals surface area contributed by atoms with E-state index >= 15 is 0 Å². The molecular weight excluding hydrogens is 644 g/mol. The van der Waals surface area contributed by atoms with Crippen LogP contribution < -0.4 is 0 Å². The van der Waals surface area contributed by atoms with Gasteiger partial charge in [-0.15, -0.1) is 0 Å². The van der Waals surface area contributed by atoms with Crippen molar-refractivity contribution in [1.82, 2.24) is 0 Å². The number of carbonyl (C=O) groups is 2. The summed E-state index contributed by atoms with van der Waals surface area (Å²) in [5.74, 6) is -2.05. The zero-order valence-electron chi connectivity index (χ0n) is 30.2. The number of hydrogen-bond acceptors (Lipinski definition) is 10. The van der Waals surface area contributed by atoms with E-state index in [9.17, 15) is 19.8 Å². The summed E-state index contributed by atoms with van der Waals surface area (Å²) in [5, 5.41) is 25.1. The Kier molecular flexibility index (Phi) is 9.42. The van der Waals surface area contributed by atoms with Crippen LogP contribution in [0.3, 0.4) is 0 Å². The number of hydrogen-bond donors (Lipinski definition) is 2. The third-order valence-electron chi connectivity index (χ3n) is 13.2. The monoisotopic (exact) mass is 698 g/mol. The van der Waals surface area contributed by atoms with Crippen LogP contribution in [-0.2, 0) is 32.9 Å². The molecule has 2 saturated carbocycles. The summed E-state index contributed by atoms with van der Waals surface area (Å²) < 4.78 is 40.2. The minimum absolute atomic E-state index is 0.0332. The van der Waals surface area contributed by atoms with E-state index in [-0.39, 0.29) is 13.0 Å². The minimum Gasteiger partial charge on any atom is -0.455 e. The summed E-state index contributed by atoms with van der Waals surface area (Å²) in [7, 11) is -2.32. The van der Waals surface area contributed by atoms with Crippen molar-refractivity contribution in [3.8, 4) is 0 Å². The molecule has 1 aromatic rings. The molecule has 11 heteroatoms. The molecule has 3 aliphatic carbocycles. The molecule has 1 aromatic carbocycles. The fraction of sp³-hybridized carbons (Fsp3) is 0.684. The molecule has 0 aromatic heterocycles. The van der Waals surface area contributed by atoms with Gasteiger partial charge in [-0.05, 0) is 54.4 Å². The van der Waals surface area contributed by atoms with Gasteiger partial charge in [-0.25, -0.2) is 4.79 Å².